The average molecular weight is 499 g/mol. The quantitative estimate of drug-likeness (QED) is 0.332. The van der Waals surface area contributed by atoms with Crippen molar-refractivity contribution in [3.8, 4) is 11.5 Å². The molecule has 2 N–H and O–H groups in total. The monoisotopic (exact) mass is 499 g/mol. The highest BCUT2D eigenvalue weighted by Crippen LogP contribution is 2.34. The lowest BCUT2D eigenvalue weighted by molar-refractivity contribution is 0.198. The summed E-state index contributed by atoms with van der Waals surface area (Å²) in [4.78, 5) is 8.34. The van der Waals surface area contributed by atoms with Gasteiger partial charge in [0, 0.05) is 44.6 Å². The first kappa shape index (κ1) is 22.3. The van der Waals surface area contributed by atoms with Crippen LogP contribution >= 0.6 is 24.0 Å². The molecule has 1 saturated carbocycles. The molecule has 8 heteroatoms. The maximum absolute atomic E-state index is 6.29. The molecule has 1 aromatic heterocycles. The summed E-state index contributed by atoms with van der Waals surface area (Å²) < 4.78 is 13.8. The molecule has 0 radical (unpaired) electrons. The number of guanidine groups is 1. The highest BCUT2D eigenvalue weighted by atomic mass is 127. The molecule has 0 atom stereocenters. The van der Waals surface area contributed by atoms with Crippen molar-refractivity contribution in [1.82, 2.24) is 20.2 Å². The molecule has 0 bridgehead atoms. The average Bonchev–Trinajstić information content (AvgIpc) is 3.39. The number of aliphatic imine (C=N–C) groups is 1. The molecule has 0 amide bonds. The number of aromatic nitrogens is 2. The number of para-hydroxylation sites is 1. The fourth-order valence-electron chi connectivity index (χ4n) is 3.29. The molecule has 7 nitrogen and oxygen atoms in total. The second kappa shape index (κ2) is 11.8. The minimum absolute atomic E-state index is 0. The number of nitrogens with zero attached hydrogens (tertiary/aromatic N) is 3. The van der Waals surface area contributed by atoms with Crippen LogP contribution in [-0.4, -0.2) is 42.3 Å². The van der Waals surface area contributed by atoms with Gasteiger partial charge in [-0.15, -0.1) is 24.0 Å². The number of benzene rings is 1. The van der Waals surface area contributed by atoms with Crippen LogP contribution in [0.4, 0.5) is 0 Å². The lowest BCUT2D eigenvalue weighted by atomic mass is 10.1. The fourth-order valence-corrected chi connectivity index (χ4v) is 3.29. The van der Waals surface area contributed by atoms with Gasteiger partial charge in [-0.25, -0.2) is 4.98 Å². The van der Waals surface area contributed by atoms with E-state index in [4.69, 9.17) is 9.47 Å². The van der Waals surface area contributed by atoms with E-state index in [-0.39, 0.29) is 30.1 Å². The summed E-state index contributed by atoms with van der Waals surface area (Å²) in [5.74, 6) is 2.38. The number of methoxy groups -OCH3 is 1. The van der Waals surface area contributed by atoms with E-state index in [1.165, 1.54) is 12.8 Å². The van der Waals surface area contributed by atoms with E-state index in [1.54, 1.807) is 26.7 Å². The first-order chi connectivity index (χ1) is 13.3. The predicted molar refractivity (Wildman–Crippen MR) is 122 cm³/mol. The summed E-state index contributed by atoms with van der Waals surface area (Å²) in [5.41, 5.74) is 1.07. The van der Waals surface area contributed by atoms with Crippen LogP contribution in [0.5, 0.6) is 11.5 Å². The van der Waals surface area contributed by atoms with Crippen molar-refractivity contribution >= 4 is 29.9 Å². The van der Waals surface area contributed by atoms with Crippen molar-refractivity contribution in [2.75, 3.05) is 20.7 Å². The van der Waals surface area contributed by atoms with Crippen LogP contribution in [0, 0.1) is 0 Å². The number of hydrogen-bond donors (Lipinski definition) is 2. The Morgan fingerprint density at radius 1 is 1.29 bits per heavy atom. The summed E-state index contributed by atoms with van der Waals surface area (Å²) in [6.07, 6.45) is 10.5. The summed E-state index contributed by atoms with van der Waals surface area (Å²) in [6, 6.07) is 6.01. The molecule has 0 saturated heterocycles. The Labute approximate surface area is 184 Å². The Balaban J connectivity index is 0.00000280. The third-order valence-corrected chi connectivity index (χ3v) is 4.76. The van der Waals surface area contributed by atoms with Crippen LogP contribution in [0.3, 0.4) is 0 Å². The molecule has 0 aliphatic heterocycles. The highest BCUT2D eigenvalue weighted by molar-refractivity contribution is 14.0. The molecule has 3 rings (SSSR count). The van der Waals surface area contributed by atoms with Gasteiger partial charge in [-0.2, -0.15) is 0 Å². The van der Waals surface area contributed by atoms with E-state index < -0.39 is 0 Å². The number of rotatable bonds is 8. The maximum Gasteiger partial charge on any atom is 0.191 e. The minimum Gasteiger partial charge on any atom is -0.493 e. The molecular formula is C20H30IN5O2. The Morgan fingerprint density at radius 2 is 2.11 bits per heavy atom. The van der Waals surface area contributed by atoms with Gasteiger partial charge >= 0.3 is 0 Å². The zero-order valence-corrected chi connectivity index (χ0v) is 18.9. The third-order valence-electron chi connectivity index (χ3n) is 4.76. The standard InChI is InChI=1S/C20H29N5O2.HI/c1-21-20(23-11-13-25-12-10-22-15-25)24-14-16-6-5-9-18(26-2)19(16)27-17-7-3-4-8-17;/h5-6,9-10,12,15,17H,3-4,7-8,11,13-14H2,1-2H3,(H2,21,23,24);1H. The van der Waals surface area contributed by atoms with Gasteiger partial charge in [0.2, 0.25) is 0 Å². The Kier molecular flexibility index (Phi) is 9.39. The number of hydrogen-bond acceptors (Lipinski definition) is 4. The first-order valence-electron chi connectivity index (χ1n) is 9.53. The molecule has 0 spiro atoms. The molecular weight excluding hydrogens is 469 g/mol. The van der Waals surface area contributed by atoms with Gasteiger partial charge in [-0.1, -0.05) is 12.1 Å². The second-order valence-electron chi connectivity index (χ2n) is 6.63. The van der Waals surface area contributed by atoms with Crippen molar-refractivity contribution in [3.05, 3.63) is 42.5 Å². The van der Waals surface area contributed by atoms with Gasteiger partial charge in [0.25, 0.3) is 0 Å². The lowest BCUT2D eigenvalue weighted by Gasteiger charge is -2.20. The van der Waals surface area contributed by atoms with Crippen LogP contribution < -0.4 is 20.1 Å². The normalized spacial score (nSPS) is 14.4. The Morgan fingerprint density at radius 3 is 2.79 bits per heavy atom. The maximum atomic E-state index is 6.29. The van der Waals surface area contributed by atoms with Crippen LogP contribution in [0.1, 0.15) is 31.2 Å². The van der Waals surface area contributed by atoms with Crippen molar-refractivity contribution < 1.29 is 9.47 Å². The first-order valence-corrected chi connectivity index (χ1v) is 9.53. The molecule has 1 aromatic carbocycles. The van der Waals surface area contributed by atoms with Gasteiger partial charge in [-0.05, 0) is 31.7 Å². The largest absolute Gasteiger partial charge is 0.493 e. The van der Waals surface area contributed by atoms with E-state index in [2.05, 4.69) is 26.7 Å². The fraction of sp³-hybridized carbons (Fsp3) is 0.500. The topological polar surface area (TPSA) is 72.7 Å². The summed E-state index contributed by atoms with van der Waals surface area (Å²) in [5, 5.41) is 6.68. The number of nitrogens with one attached hydrogen (secondary N) is 2. The van der Waals surface area contributed by atoms with Crippen LogP contribution in [0.15, 0.2) is 41.9 Å². The molecule has 1 heterocycles. The highest BCUT2D eigenvalue weighted by Gasteiger charge is 2.20. The number of imidazole rings is 1. The van der Waals surface area contributed by atoms with Gasteiger partial charge in [0.05, 0.1) is 19.5 Å². The molecule has 154 valence electrons. The zero-order chi connectivity index (χ0) is 18.9. The van der Waals surface area contributed by atoms with Gasteiger partial charge < -0.3 is 24.7 Å². The van der Waals surface area contributed by atoms with Gasteiger partial charge in [0.15, 0.2) is 17.5 Å². The van der Waals surface area contributed by atoms with Crippen molar-refractivity contribution in [3.63, 3.8) is 0 Å². The summed E-state index contributed by atoms with van der Waals surface area (Å²) in [6.45, 7) is 2.21. The van der Waals surface area contributed by atoms with E-state index >= 15 is 0 Å². The smallest absolute Gasteiger partial charge is 0.191 e. The molecule has 2 aromatic rings. The SMILES string of the molecule is CN=C(NCCn1ccnc1)NCc1cccc(OC)c1OC1CCCC1.I. The van der Waals surface area contributed by atoms with Crippen LogP contribution in [-0.2, 0) is 13.1 Å². The Hall–Kier alpha value is -1.97. The zero-order valence-electron chi connectivity index (χ0n) is 16.6. The summed E-state index contributed by atoms with van der Waals surface area (Å²) in [7, 11) is 3.46. The van der Waals surface area contributed by atoms with Crippen molar-refractivity contribution in [2.45, 2.75) is 44.9 Å². The van der Waals surface area contributed by atoms with E-state index in [9.17, 15) is 0 Å². The van der Waals surface area contributed by atoms with Crippen LogP contribution in [0.2, 0.25) is 0 Å². The third kappa shape index (κ3) is 6.29. The Bertz CT molecular complexity index is 730. The van der Waals surface area contributed by atoms with Crippen molar-refractivity contribution in [2.24, 2.45) is 4.99 Å². The van der Waals surface area contributed by atoms with E-state index in [1.807, 2.05) is 22.9 Å². The number of halogens is 1. The molecule has 1 aliphatic carbocycles. The lowest BCUT2D eigenvalue weighted by Crippen LogP contribution is -2.38. The van der Waals surface area contributed by atoms with Gasteiger partial charge in [0.1, 0.15) is 0 Å². The van der Waals surface area contributed by atoms with Crippen LogP contribution in [0.25, 0.3) is 0 Å². The summed E-state index contributed by atoms with van der Waals surface area (Å²) >= 11 is 0. The van der Waals surface area contributed by atoms with Gasteiger partial charge in [-0.3, -0.25) is 4.99 Å². The second-order valence-corrected chi connectivity index (χ2v) is 6.63. The molecule has 1 fully saturated rings. The number of ether oxygens (including phenoxy) is 2. The van der Waals surface area contributed by atoms with E-state index in [0.29, 0.717) is 6.54 Å². The molecule has 1 aliphatic rings. The molecule has 0 unspecified atom stereocenters. The minimum atomic E-state index is 0. The van der Waals surface area contributed by atoms with E-state index in [0.717, 1.165) is 49.0 Å². The predicted octanol–water partition coefficient (Wildman–Crippen LogP) is 3.20. The van der Waals surface area contributed by atoms with Crippen molar-refractivity contribution in [1.29, 1.82) is 0 Å². The molecule has 28 heavy (non-hydrogen) atoms.